The molecule has 0 spiro atoms. The third-order valence-electron chi connectivity index (χ3n) is 5.41. The Kier molecular flexibility index (Phi) is 10.9. The Morgan fingerprint density at radius 1 is 0.667 bits per heavy atom. The molecule has 0 aliphatic heterocycles. The van der Waals surface area contributed by atoms with E-state index in [0.29, 0.717) is 11.8 Å². The van der Waals surface area contributed by atoms with Crippen LogP contribution in [0.15, 0.2) is 60.7 Å². The molecule has 2 atom stereocenters. The molecule has 0 fully saturated rings. The maximum absolute atomic E-state index is 2.50. The molecule has 0 heterocycles. The molecule has 2 aliphatic carbocycles. The number of benzene rings is 2. The predicted molar refractivity (Wildman–Crippen MR) is 104 cm³/mol. The van der Waals surface area contributed by atoms with Gasteiger partial charge in [0.2, 0.25) is 0 Å². The molecule has 139 valence electrons. The summed E-state index contributed by atoms with van der Waals surface area (Å²) in [4.78, 5) is 0. The average Bonchev–Trinajstić information content (AvgIpc) is 3.22. The fourth-order valence-corrected chi connectivity index (χ4v) is 4.07. The van der Waals surface area contributed by atoms with Crippen LogP contribution in [0.4, 0.5) is 0 Å². The Bertz CT molecular complexity index is 701. The van der Waals surface area contributed by atoms with Crippen LogP contribution < -0.4 is 24.8 Å². The minimum absolute atomic E-state index is 0. The molecule has 0 N–H and O–H groups in total. The fourth-order valence-electron chi connectivity index (χ4n) is 4.07. The van der Waals surface area contributed by atoms with E-state index < -0.39 is 0 Å². The van der Waals surface area contributed by atoms with Crippen LogP contribution in [0.5, 0.6) is 0 Å². The first-order valence-corrected chi connectivity index (χ1v) is 9.28. The van der Waals surface area contributed by atoms with Crippen LogP contribution in [0.25, 0.3) is 12.2 Å². The van der Waals surface area contributed by atoms with E-state index in [9.17, 15) is 0 Å². The summed E-state index contributed by atoms with van der Waals surface area (Å²) < 4.78 is 0. The first kappa shape index (κ1) is 24.4. The van der Waals surface area contributed by atoms with Crippen molar-refractivity contribution in [2.75, 3.05) is 0 Å². The maximum Gasteiger partial charge on any atom is 3.00 e. The third kappa shape index (κ3) is 5.93. The van der Waals surface area contributed by atoms with Crippen molar-refractivity contribution in [1.82, 2.24) is 0 Å². The van der Waals surface area contributed by atoms with Crippen LogP contribution >= 0.6 is 0 Å². The number of hydrogen-bond acceptors (Lipinski definition) is 0. The number of allylic oxidation sites excluding steroid dienone is 2. The Balaban J connectivity index is 0.00000121. The number of rotatable bonds is 7. The number of halogens is 2. The Hall–Kier alpha value is -0.617. The van der Waals surface area contributed by atoms with Crippen molar-refractivity contribution in [1.29, 1.82) is 0 Å². The van der Waals surface area contributed by atoms with Crippen LogP contribution in [0.2, 0.25) is 0 Å². The van der Waals surface area contributed by atoms with Gasteiger partial charge in [0.25, 0.3) is 0 Å². The van der Waals surface area contributed by atoms with E-state index in [-0.39, 0.29) is 51.0 Å². The van der Waals surface area contributed by atoms with Crippen molar-refractivity contribution in [3.05, 3.63) is 89.4 Å². The molecule has 0 nitrogen and oxygen atoms in total. The van der Waals surface area contributed by atoms with Crippen molar-refractivity contribution in [3.63, 3.8) is 0 Å². The SMILES string of the molecule is C1=CC(CC[CH-]CCCC2C=Cc3ccccc32)c2ccccc21.[Cl-].[Cl-].[Zr+3]. The van der Waals surface area contributed by atoms with Crippen LogP contribution in [0.1, 0.15) is 66.2 Å². The zero-order valence-electron chi connectivity index (χ0n) is 15.5. The van der Waals surface area contributed by atoms with Crippen LogP contribution in [-0.2, 0) is 26.2 Å². The van der Waals surface area contributed by atoms with Gasteiger partial charge < -0.3 is 31.2 Å². The van der Waals surface area contributed by atoms with Gasteiger partial charge in [-0.1, -0.05) is 85.7 Å². The van der Waals surface area contributed by atoms with Crippen molar-refractivity contribution >= 4 is 12.2 Å². The summed E-state index contributed by atoms with van der Waals surface area (Å²) in [7, 11) is 0. The maximum atomic E-state index is 2.50. The molecule has 0 saturated carbocycles. The van der Waals surface area contributed by atoms with Gasteiger partial charge in [-0.25, -0.2) is 0 Å². The van der Waals surface area contributed by atoms with Crippen LogP contribution in [-0.4, -0.2) is 0 Å². The van der Waals surface area contributed by atoms with Gasteiger partial charge >= 0.3 is 26.2 Å². The van der Waals surface area contributed by atoms with Gasteiger partial charge in [-0.05, 0) is 28.7 Å². The van der Waals surface area contributed by atoms with E-state index in [1.54, 1.807) is 0 Å². The monoisotopic (exact) mass is 473 g/mol. The van der Waals surface area contributed by atoms with Crippen LogP contribution in [0, 0.1) is 6.42 Å². The van der Waals surface area contributed by atoms with Gasteiger partial charge in [-0.15, -0.1) is 0 Å². The smallest absolute Gasteiger partial charge is 1.00 e. The molecule has 4 rings (SSSR count). The zero-order chi connectivity index (χ0) is 16.2. The molecule has 27 heavy (non-hydrogen) atoms. The topological polar surface area (TPSA) is 0 Å². The largest absolute Gasteiger partial charge is 3.00 e. The summed E-state index contributed by atoms with van der Waals surface area (Å²) in [6.45, 7) is 0. The minimum atomic E-state index is 0. The number of fused-ring (bicyclic) bond motifs is 2. The molecule has 3 heteroatoms. The molecule has 2 aromatic carbocycles. The molecule has 0 saturated heterocycles. The molecule has 1 radical (unpaired) electrons. The summed E-state index contributed by atoms with van der Waals surface area (Å²) >= 11 is 0. The molecular weight excluding hydrogens is 450 g/mol. The predicted octanol–water partition coefficient (Wildman–Crippen LogP) is 0.768. The normalized spacial score (nSPS) is 18.1. The van der Waals surface area contributed by atoms with E-state index in [1.807, 2.05) is 0 Å². The fraction of sp³-hybridized carbons (Fsp3) is 0.292. The first-order valence-electron chi connectivity index (χ1n) is 9.28. The van der Waals surface area contributed by atoms with Crippen molar-refractivity contribution < 1.29 is 51.0 Å². The second-order valence-corrected chi connectivity index (χ2v) is 6.99. The quantitative estimate of drug-likeness (QED) is 0.410. The molecule has 0 aromatic heterocycles. The van der Waals surface area contributed by atoms with Gasteiger partial charge in [-0.2, -0.15) is 12.8 Å². The number of hydrogen-bond donors (Lipinski definition) is 0. The van der Waals surface area contributed by atoms with Gasteiger partial charge in [0.05, 0.1) is 0 Å². The van der Waals surface area contributed by atoms with E-state index in [4.69, 9.17) is 0 Å². The van der Waals surface area contributed by atoms with Gasteiger partial charge in [-0.3, -0.25) is 0 Å². The first-order chi connectivity index (χ1) is 11.9. The van der Waals surface area contributed by atoms with E-state index in [2.05, 4.69) is 79.3 Å². The molecular formula is C24H25Cl2Zr. The second kappa shape index (κ2) is 12.1. The minimum Gasteiger partial charge on any atom is -1.00 e. The van der Waals surface area contributed by atoms with Crippen molar-refractivity contribution in [2.24, 2.45) is 0 Å². The van der Waals surface area contributed by atoms with E-state index in [0.717, 1.165) is 0 Å². The van der Waals surface area contributed by atoms with Crippen LogP contribution in [0.3, 0.4) is 0 Å². The molecule has 0 bridgehead atoms. The Labute approximate surface area is 195 Å². The molecule has 2 aliphatic rings. The van der Waals surface area contributed by atoms with Crippen molar-refractivity contribution in [3.8, 4) is 0 Å². The Morgan fingerprint density at radius 2 is 1.19 bits per heavy atom. The van der Waals surface area contributed by atoms with Crippen molar-refractivity contribution in [2.45, 2.75) is 43.9 Å². The van der Waals surface area contributed by atoms with Gasteiger partial charge in [0.1, 0.15) is 0 Å². The molecule has 2 aromatic rings. The Morgan fingerprint density at radius 3 is 1.78 bits per heavy atom. The standard InChI is InChI=1S/C24H25.2ClH.Zr/c1(3-9-19-15-17-21-11-5-7-13-23(19)21)2-4-10-20-16-18-22-12-6-8-14-24(20)22;;;/h1,5-8,11-20H,2-4,9-10H2;2*1H;/q-1;;;+3/p-2. The summed E-state index contributed by atoms with van der Waals surface area (Å²) in [5, 5.41) is 0. The third-order valence-corrected chi connectivity index (χ3v) is 5.41. The summed E-state index contributed by atoms with van der Waals surface area (Å²) in [6, 6.07) is 17.6. The van der Waals surface area contributed by atoms with E-state index in [1.165, 1.54) is 54.4 Å². The zero-order valence-corrected chi connectivity index (χ0v) is 19.4. The summed E-state index contributed by atoms with van der Waals surface area (Å²) in [5.41, 5.74) is 5.86. The van der Waals surface area contributed by atoms with Gasteiger partial charge in [0.15, 0.2) is 0 Å². The van der Waals surface area contributed by atoms with E-state index >= 15 is 0 Å². The van der Waals surface area contributed by atoms with Gasteiger partial charge in [0, 0.05) is 11.8 Å². The average molecular weight is 476 g/mol. The molecule has 0 amide bonds. The summed E-state index contributed by atoms with van der Waals surface area (Å²) in [6.07, 6.45) is 18.1. The second-order valence-electron chi connectivity index (χ2n) is 6.99. The number of unbranched alkanes of at least 4 members (excludes halogenated alkanes) is 3. The molecule has 2 unspecified atom stereocenters. The summed E-state index contributed by atoms with van der Waals surface area (Å²) in [5.74, 6) is 1.27.